The summed E-state index contributed by atoms with van der Waals surface area (Å²) in [5.74, 6) is 0.953. The first-order valence-corrected chi connectivity index (χ1v) is 9.71. The van der Waals surface area contributed by atoms with Gasteiger partial charge in [0.1, 0.15) is 0 Å². The smallest absolute Gasteiger partial charge is 0.223 e. The Morgan fingerprint density at radius 3 is 2.59 bits per heavy atom. The minimum Gasteiger partial charge on any atom is -0.504 e. The van der Waals surface area contributed by atoms with Crippen LogP contribution in [0.1, 0.15) is 32.3 Å². The number of methoxy groups -OCH3 is 1. The molecule has 1 aliphatic heterocycles. The zero-order chi connectivity index (χ0) is 20.0. The molecule has 0 unspecified atom stereocenters. The van der Waals surface area contributed by atoms with Crippen LogP contribution in [0.5, 0.6) is 11.5 Å². The van der Waals surface area contributed by atoms with Gasteiger partial charge < -0.3 is 20.1 Å². The molecule has 6 heteroatoms. The predicted octanol–water partition coefficient (Wildman–Crippen LogP) is 2.32. The van der Waals surface area contributed by atoms with E-state index in [4.69, 9.17) is 4.74 Å². The van der Waals surface area contributed by atoms with E-state index >= 15 is 0 Å². The first kappa shape index (κ1) is 21.5. The summed E-state index contributed by atoms with van der Waals surface area (Å²) in [6, 6.07) is 5.47. The van der Waals surface area contributed by atoms with Crippen LogP contribution in [0.2, 0.25) is 0 Å². The van der Waals surface area contributed by atoms with Crippen molar-refractivity contribution in [3.8, 4) is 11.5 Å². The van der Waals surface area contributed by atoms with E-state index in [1.165, 1.54) is 0 Å². The molecule has 0 aromatic heterocycles. The van der Waals surface area contributed by atoms with Gasteiger partial charge in [-0.1, -0.05) is 19.9 Å². The summed E-state index contributed by atoms with van der Waals surface area (Å²) in [5, 5.41) is 12.9. The van der Waals surface area contributed by atoms with E-state index < -0.39 is 0 Å². The second-order valence-corrected chi connectivity index (χ2v) is 8.68. The fraction of sp³-hybridized carbons (Fsp3) is 0.667. The van der Waals surface area contributed by atoms with E-state index in [0.717, 1.165) is 44.6 Å². The van der Waals surface area contributed by atoms with Crippen molar-refractivity contribution in [2.45, 2.75) is 33.2 Å². The van der Waals surface area contributed by atoms with E-state index in [9.17, 15) is 9.90 Å². The molecule has 1 aromatic rings. The van der Waals surface area contributed by atoms with Gasteiger partial charge in [0.2, 0.25) is 5.91 Å². The molecule has 6 nitrogen and oxygen atoms in total. The van der Waals surface area contributed by atoms with Gasteiger partial charge in [-0.05, 0) is 63.1 Å². The van der Waals surface area contributed by atoms with Gasteiger partial charge in [0, 0.05) is 25.6 Å². The predicted molar refractivity (Wildman–Crippen MR) is 108 cm³/mol. The van der Waals surface area contributed by atoms with Gasteiger partial charge in [-0.3, -0.25) is 9.69 Å². The summed E-state index contributed by atoms with van der Waals surface area (Å²) in [6.45, 7) is 8.63. The Morgan fingerprint density at radius 1 is 1.33 bits per heavy atom. The van der Waals surface area contributed by atoms with Crippen LogP contribution in [0.4, 0.5) is 0 Å². The van der Waals surface area contributed by atoms with Crippen LogP contribution >= 0.6 is 0 Å². The van der Waals surface area contributed by atoms with E-state index in [1.54, 1.807) is 13.2 Å². The highest BCUT2D eigenvalue weighted by molar-refractivity contribution is 5.78. The second kappa shape index (κ2) is 9.42. The van der Waals surface area contributed by atoms with Crippen molar-refractivity contribution in [1.29, 1.82) is 0 Å². The Morgan fingerprint density at radius 2 is 2.00 bits per heavy atom. The number of carbonyl (C=O) groups is 1. The molecule has 0 aliphatic carbocycles. The molecule has 1 saturated heterocycles. The SMILES string of the molecule is COc1cc(CN2CCC(C(=O)NCC(C)(C)CN(C)C)CC2)ccc1O. The number of aromatic hydroxyl groups is 1. The number of phenols is 1. The van der Waals surface area contributed by atoms with Crippen LogP contribution in [-0.2, 0) is 11.3 Å². The highest BCUT2D eigenvalue weighted by atomic mass is 16.5. The Balaban J connectivity index is 1.78. The molecule has 27 heavy (non-hydrogen) atoms. The number of likely N-dealkylation sites (tertiary alicyclic amines) is 1. The summed E-state index contributed by atoms with van der Waals surface area (Å²) in [4.78, 5) is 17.0. The number of nitrogens with one attached hydrogen (secondary N) is 1. The van der Waals surface area contributed by atoms with Crippen molar-refractivity contribution < 1.29 is 14.6 Å². The third kappa shape index (κ3) is 6.70. The summed E-state index contributed by atoms with van der Waals surface area (Å²) < 4.78 is 5.18. The molecule has 0 saturated carbocycles. The Labute approximate surface area is 163 Å². The molecule has 1 heterocycles. The minimum absolute atomic E-state index is 0.0672. The lowest BCUT2D eigenvalue weighted by Gasteiger charge is -2.33. The molecule has 0 atom stereocenters. The van der Waals surface area contributed by atoms with Crippen LogP contribution in [0.3, 0.4) is 0 Å². The standard InChI is InChI=1S/C21H35N3O3/c1-21(2,15-23(3)4)14-22-20(26)17-8-10-24(11-9-17)13-16-6-7-18(25)19(12-16)27-5/h6-7,12,17,25H,8-11,13-15H2,1-5H3,(H,22,26). The van der Waals surface area contributed by atoms with Gasteiger partial charge in [-0.2, -0.15) is 0 Å². The van der Waals surface area contributed by atoms with Crippen LogP contribution in [0.25, 0.3) is 0 Å². The first-order chi connectivity index (χ1) is 12.7. The first-order valence-electron chi connectivity index (χ1n) is 9.71. The molecule has 152 valence electrons. The van der Waals surface area contributed by atoms with Crippen molar-refractivity contribution in [3.63, 3.8) is 0 Å². The van der Waals surface area contributed by atoms with Crippen LogP contribution in [0.15, 0.2) is 18.2 Å². The number of amides is 1. The summed E-state index contributed by atoms with van der Waals surface area (Å²) in [5.41, 5.74) is 1.18. The Kier molecular flexibility index (Phi) is 7.50. The summed E-state index contributed by atoms with van der Waals surface area (Å²) in [6.07, 6.45) is 1.77. The fourth-order valence-corrected chi connectivity index (χ4v) is 3.81. The molecular weight excluding hydrogens is 342 g/mol. The van der Waals surface area contributed by atoms with Crippen molar-refractivity contribution in [2.75, 3.05) is 47.4 Å². The normalized spacial score (nSPS) is 16.5. The lowest BCUT2D eigenvalue weighted by atomic mass is 9.91. The molecule has 2 rings (SSSR count). The van der Waals surface area contributed by atoms with Gasteiger partial charge in [0.15, 0.2) is 11.5 Å². The van der Waals surface area contributed by atoms with Gasteiger partial charge >= 0.3 is 0 Å². The molecule has 1 fully saturated rings. The maximum absolute atomic E-state index is 12.5. The molecule has 0 bridgehead atoms. The fourth-order valence-electron chi connectivity index (χ4n) is 3.81. The van der Waals surface area contributed by atoms with Crippen LogP contribution in [-0.4, -0.2) is 68.2 Å². The molecule has 1 aromatic carbocycles. The van der Waals surface area contributed by atoms with E-state index in [2.05, 4.69) is 43.1 Å². The van der Waals surface area contributed by atoms with Crippen LogP contribution in [0, 0.1) is 11.3 Å². The van der Waals surface area contributed by atoms with Gasteiger partial charge in [-0.25, -0.2) is 0 Å². The second-order valence-electron chi connectivity index (χ2n) is 8.68. The van der Waals surface area contributed by atoms with Crippen molar-refractivity contribution >= 4 is 5.91 Å². The highest BCUT2D eigenvalue weighted by Gasteiger charge is 2.27. The quantitative estimate of drug-likeness (QED) is 0.728. The summed E-state index contributed by atoms with van der Waals surface area (Å²) >= 11 is 0. The number of nitrogens with zero attached hydrogens (tertiary/aromatic N) is 2. The Hall–Kier alpha value is -1.79. The van der Waals surface area contributed by atoms with Gasteiger partial charge in [0.25, 0.3) is 0 Å². The lowest BCUT2D eigenvalue weighted by molar-refractivity contribution is -0.127. The number of carbonyl (C=O) groups excluding carboxylic acids is 1. The molecule has 0 spiro atoms. The topological polar surface area (TPSA) is 65.0 Å². The molecule has 1 aliphatic rings. The van der Waals surface area contributed by atoms with Crippen molar-refractivity contribution in [3.05, 3.63) is 23.8 Å². The monoisotopic (exact) mass is 377 g/mol. The molecule has 0 radical (unpaired) electrons. The number of ether oxygens (including phenoxy) is 1. The van der Waals surface area contributed by atoms with E-state index in [1.807, 2.05) is 12.1 Å². The average Bonchev–Trinajstić information content (AvgIpc) is 2.61. The van der Waals surface area contributed by atoms with E-state index in [0.29, 0.717) is 12.3 Å². The van der Waals surface area contributed by atoms with E-state index in [-0.39, 0.29) is 23.0 Å². The average molecular weight is 378 g/mol. The molecular formula is C21H35N3O3. The minimum atomic E-state index is 0.0672. The zero-order valence-electron chi connectivity index (χ0n) is 17.4. The maximum Gasteiger partial charge on any atom is 0.223 e. The number of benzene rings is 1. The molecule has 2 N–H and O–H groups in total. The summed E-state index contributed by atoms with van der Waals surface area (Å²) in [7, 11) is 5.68. The lowest BCUT2D eigenvalue weighted by Crippen LogP contribution is -2.44. The van der Waals surface area contributed by atoms with Crippen molar-refractivity contribution in [2.24, 2.45) is 11.3 Å². The zero-order valence-corrected chi connectivity index (χ0v) is 17.4. The third-order valence-electron chi connectivity index (χ3n) is 5.09. The van der Waals surface area contributed by atoms with Crippen LogP contribution < -0.4 is 10.1 Å². The number of hydrogen-bond donors (Lipinski definition) is 2. The number of rotatable bonds is 8. The third-order valence-corrected chi connectivity index (χ3v) is 5.09. The maximum atomic E-state index is 12.5. The molecule has 1 amide bonds. The largest absolute Gasteiger partial charge is 0.504 e. The number of hydrogen-bond acceptors (Lipinski definition) is 5. The van der Waals surface area contributed by atoms with Crippen molar-refractivity contribution in [1.82, 2.24) is 15.1 Å². The number of phenolic OH excluding ortho intramolecular Hbond substituents is 1. The van der Waals surface area contributed by atoms with Gasteiger partial charge in [-0.15, -0.1) is 0 Å². The highest BCUT2D eigenvalue weighted by Crippen LogP contribution is 2.28. The number of piperidine rings is 1. The Bertz CT molecular complexity index is 623. The van der Waals surface area contributed by atoms with Gasteiger partial charge in [0.05, 0.1) is 7.11 Å².